The molecule has 4 rings (SSSR count). The van der Waals surface area contributed by atoms with Crippen molar-refractivity contribution in [2.24, 2.45) is 0 Å². The zero-order valence-corrected chi connectivity index (χ0v) is 17.3. The summed E-state index contributed by atoms with van der Waals surface area (Å²) in [6.45, 7) is 5.58. The number of hydrogen-bond donors (Lipinski definition) is 1. The van der Waals surface area contributed by atoms with Gasteiger partial charge in [0.2, 0.25) is 15.9 Å². The second-order valence-electron chi connectivity index (χ2n) is 7.66. The van der Waals surface area contributed by atoms with Gasteiger partial charge in [-0.15, -0.1) is 0 Å². The first-order chi connectivity index (χ1) is 13.2. The second-order valence-corrected chi connectivity index (χ2v) is 10.0. The van der Waals surface area contributed by atoms with Crippen LogP contribution in [-0.4, -0.2) is 44.8 Å². The maximum absolute atomic E-state index is 13.2. The van der Waals surface area contributed by atoms with Gasteiger partial charge in [-0.3, -0.25) is 4.79 Å². The number of hydrogen-bond acceptors (Lipinski definition) is 4. The Morgan fingerprint density at radius 1 is 1.04 bits per heavy atom. The first-order valence-corrected chi connectivity index (χ1v) is 11.0. The quantitative estimate of drug-likeness (QED) is 0.830. The van der Waals surface area contributed by atoms with Crippen LogP contribution in [0.3, 0.4) is 0 Å². The molecule has 148 valence electrons. The van der Waals surface area contributed by atoms with E-state index in [4.69, 9.17) is 11.6 Å². The molecule has 0 atom stereocenters. The summed E-state index contributed by atoms with van der Waals surface area (Å²) in [5.41, 5.74) is 1.65. The van der Waals surface area contributed by atoms with E-state index in [2.05, 4.69) is 10.2 Å². The Balaban J connectivity index is 1.54. The summed E-state index contributed by atoms with van der Waals surface area (Å²) in [7, 11) is -3.62. The number of rotatable bonds is 3. The average molecular weight is 420 g/mol. The zero-order valence-electron chi connectivity index (χ0n) is 15.8. The van der Waals surface area contributed by atoms with Gasteiger partial charge in [0, 0.05) is 42.6 Å². The number of carbonyl (C=O) groups excluding carboxylic acids is 1. The van der Waals surface area contributed by atoms with Crippen LogP contribution < -0.4 is 10.2 Å². The van der Waals surface area contributed by atoms with Crippen LogP contribution in [-0.2, 0) is 20.2 Å². The van der Waals surface area contributed by atoms with Gasteiger partial charge in [-0.05, 0) is 55.8 Å². The number of anilines is 2. The molecule has 2 aromatic rings. The number of benzene rings is 2. The van der Waals surface area contributed by atoms with Crippen molar-refractivity contribution in [2.75, 3.05) is 36.4 Å². The topological polar surface area (TPSA) is 69.7 Å². The van der Waals surface area contributed by atoms with Gasteiger partial charge in [-0.25, -0.2) is 8.42 Å². The molecule has 2 aromatic carbocycles. The number of carbonyl (C=O) groups is 1. The Bertz CT molecular complexity index is 1040. The van der Waals surface area contributed by atoms with Crippen molar-refractivity contribution >= 4 is 38.9 Å². The van der Waals surface area contributed by atoms with Crippen LogP contribution in [0, 0.1) is 0 Å². The molecule has 0 aromatic heterocycles. The normalized spacial score (nSPS) is 19.4. The molecular weight excluding hydrogens is 398 g/mol. The smallest absolute Gasteiger partial charge is 0.243 e. The fraction of sp³-hybridized carbons (Fsp3) is 0.350. The Kier molecular flexibility index (Phi) is 4.64. The molecule has 28 heavy (non-hydrogen) atoms. The first kappa shape index (κ1) is 19.2. The molecule has 0 saturated carbocycles. The third-order valence-corrected chi connectivity index (χ3v) is 7.66. The van der Waals surface area contributed by atoms with Gasteiger partial charge in [0.1, 0.15) is 0 Å². The summed E-state index contributed by atoms with van der Waals surface area (Å²) >= 11 is 6.06. The van der Waals surface area contributed by atoms with Gasteiger partial charge in [0.05, 0.1) is 10.3 Å². The number of sulfonamides is 1. The Hall–Kier alpha value is -2.09. The number of nitrogens with one attached hydrogen (secondary N) is 1. The summed E-state index contributed by atoms with van der Waals surface area (Å²) < 4.78 is 27.8. The number of nitrogens with zero attached hydrogens (tertiary/aromatic N) is 2. The fourth-order valence-corrected chi connectivity index (χ4v) is 5.35. The lowest BCUT2D eigenvalue weighted by Crippen LogP contribution is -2.48. The van der Waals surface area contributed by atoms with Crippen LogP contribution in [0.4, 0.5) is 11.4 Å². The Morgan fingerprint density at radius 3 is 2.43 bits per heavy atom. The maximum atomic E-state index is 13.2. The molecule has 1 amide bonds. The third kappa shape index (κ3) is 3.17. The van der Waals surface area contributed by atoms with Crippen LogP contribution >= 0.6 is 11.6 Å². The van der Waals surface area contributed by atoms with Crippen molar-refractivity contribution in [3.05, 3.63) is 53.1 Å². The van der Waals surface area contributed by atoms with Crippen LogP contribution in [0.2, 0.25) is 5.02 Å². The largest absolute Gasteiger partial charge is 0.369 e. The standard InChI is InChI=1S/C20H22ClN3O3S/c1-20(2)17-13-16(6-7-18(17)22-19(20)25)28(26,27)24-10-8-23(9-11-24)15-5-3-4-14(21)12-15/h3-7,12-13H,8-11H2,1-2H3,(H,22,25). The lowest BCUT2D eigenvalue weighted by Gasteiger charge is -2.35. The minimum absolute atomic E-state index is 0.118. The first-order valence-electron chi connectivity index (χ1n) is 9.16. The van der Waals surface area contributed by atoms with E-state index in [0.29, 0.717) is 36.9 Å². The molecule has 0 unspecified atom stereocenters. The molecule has 0 spiro atoms. The van der Waals surface area contributed by atoms with E-state index in [9.17, 15) is 13.2 Å². The minimum atomic E-state index is -3.62. The molecular formula is C20H22ClN3O3S. The molecule has 1 fully saturated rings. The second kappa shape index (κ2) is 6.76. The van der Waals surface area contributed by atoms with Crippen molar-refractivity contribution < 1.29 is 13.2 Å². The molecule has 1 N–H and O–H groups in total. The van der Waals surface area contributed by atoms with E-state index in [1.54, 1.807) is 32.0 Å². The number of halogens is 1. The maximum Gasteiger partial charge on any atom is 0.243 e. The van der Waals surface area contributed by atoms with Gasteiger partial charge in [-0.1, -0.05) is 17.7 Å². The van der Waals surface area contributed by atoms with Crippen molar-refractivity contribution in [3.8, 4) is 0 Å². The van der Waals surface area contributed by atoms with Crippen LogP contribution in [0.25, 0.3) is 0 Å². The highest BCUT2D eigenvalue weighted by atomic mass is 35.5. The molecule has 8 heteroatoms. The predicted molar refractivity (Wildman–Crippen MR) is 111 cm³/mol. The van der Waals surface area contributed by atoms with Gasteiger partial charge in [-0.2, -0.15) is 4.31 Å². The monoisotopic (exact) mass is 419 g/mol. The van der Waals surface area contributed by atoms with E-state index in [0.717, 1.165) is 11.3 Å². The van der Waals surface area contributed by atoms with Crippen molar-refractivity contribution in [2.45, 2.75) is 24.2 Å². The molecule has 0 bridgehead atoms. The number of fused-ring (bicyclic) bond motifs is 1. The summed E-state index contributed by atoms with van der Waals surface area (Å²) in [4.78, 5) is 14.5. The van der Waals surface area contributed by atoms with Crippen LogP contribution in [0.1, 0.15) is 19.4 Å². The van der Waals surface area contributed by atoms with E-state index in [1.807, 2.05) is 24.3 Å². The van der Waals surface area contributed by atoms with E-state index in [1.165, 1.54) is 4.31 Å². The predicted octanol–water partition coefficient (Wildman–Crippen LogP) is 3.08. The van der Waals surface area contributed by atoms with Crippen molar-refractivity contribution in [3.63, 3.8) is 0 Å². The average Bonchev–Trinajstić information content (AvgIpc) is 2.90. The van der Waals surface area contributed by atoms with E-state index >= 15 is 0 Å². The molecule has 2 aliphatic rings. The van der Waals surface area contributed by atoms with E-state index in [-0.39, 0.29) is 10.8 Å². The van der Waals surface area contributed by atoms with Gasteiger partial charge >= 0.3 is 0 Å². The highest BCUT2D eigenvalue weighted by molar-refractivity contribution is 7.89. The molecule has 6 nitrogen and oxygen atoms in total. The molecule has 1 saturated heterocycles. The number of piperazine rings is 1. The summed E-state index contributed by atoms with van der Waals surface area (Å²) in [6, 6.07) is 12.5. The minimum Gasteiger partial charge on any atom is -0.369 e. The van der Waals surface area contributed by atoms with Gasteiger partial charge in [0.25, 0.3) is 0 Å². The van der Waals surface area contributed by atoms with Crippen molar-refractivity contribution in [1.29, 1.82) is 0 Å². The lowest BCUT2D eigenvalue weighted by molar-refractivity contribution is -0.119. The third-order valence-electron chi connectivity index (χ3n) is 5.53. The number of amides is 1. The molecule has 2 aliphatic heterocycles. The molecule has 0 radical (unpaired) electrons. The van der Waals surface area contributed by atoms with Gasteiger partial charge in [0.15, 0.2) is 0 Å². The highest BCUT2D eigenvalue weighted by Crippen LogP contribution is 2.39. The summed E-state index contributed by atoms with van der Waals surface area (Å²) in [6.07, 6.45) is 0. The highest BCUT2D eigenvalue weighted by Gasteiger charge is 2.39. The van der Waals surface area contributed by atoms with Crippen molar-refractivity contribution in [1.82, 2.24) is 4.31 Å². The molecule has 2 heterocycles. The van der Waals surface area contributed by atoms with Crippen LogP contribution in [0.5, 0.6) is 0 Å². The Labute approximate surface area is 170 Å². The SMILES string of the molecule is CC1(C)C(=O)Nc2ccc(S(=O)(=O)N3CCN(c4cccc(Cl)c4)CC3)cc21. The zero-order chi connectivity index (χ0) is 20.1. The summed E-state index contributed by atoms with van der Waals surface area (Å²) in [5, 5.41) is 3.47. The van der Waals surface area contributed by atoms with Gasteiger partial charge < -0.3 is 10.2 Å². The Morgan fingerprint density at radius 2 is 1.75 bits per heavy atom. The van der Waals surface area contributed by atoms with Crippen LogP contribution in [0.15, 0.2) is 47.4 Å². The fourth-order valence-electron chi connectivity index (χ4n) is 3.72. The summed E-state index contributed by atoms with van der Waals surface area (Å²) in [5.74, 6) is -0.118. The van der Waals surface area contributed by atoms with E-state index < -0.39 is 15.4 Å². The lowest BCUT2D eigenvalue weighted by atomic mass is 9.86. The molecule has 0 aliphatic carbocycles.